The van der Waals surface area contributed by atoms with Crippen molar-refractivity contribution >= 4 is 34.7 Å². The third-order valence-corrected chi connectivity index (χ3v) is 6.86. The molecule has 1 saturated carbocycles. The standard InChI is InChI=1S/C19H27N9S/c1-13-5-8-26(9-6-13)18-24-25-19(28(18)14-3-4-14)29-10-2-7-27-12-23-15-16(20)21-11-22-17(15)27/h11-14H,2-10H2,1H3,(H2,20,21,22). The maximum absolute atomic E-state index is 5.87. The van der Waals surface area contributed by atoms with E-state index in [1.54, 1.807) is 18.1 Å². The molecule has 1 saturated heterocycles. The largest absolute Gasteiger partial charge is 0.382 e. The minimum Gasteiger partial charge on any atom is -0.382 e. The van der Waals surface area contributed by atoms with E-state index >= 15 is 0 Å². The molecule has 2 N–H and O–H groups in total. The van der Waals surface area contributed by atoms with E-state index in [1.165, 1.54) is 32.0 Å². The molecule has 0 bridgehead atoms. The molecule has 3 aromatic heterocycles. The minimum absolute atomic E-state index is 0.431. The molecule has 1 aliphatic heterocycles. The van der Waals surface area contributed by atoms with Crippen molar-refractivity contribution in [2.45, 2.75) is 56.8 Å². The summed E-state index contributed by atoms with van der Waals surface area (Å²) in [5, 5.41) is 10.2. The lowest BCUT2D eigenvalue weighted by atomic mass is 10.00. The Morgan fingerprint density at radius 1 is 1.10 bits per heavy atom. The molecule has 10 heteroatoms. The highest BCUT2D eigenvalue weighted by Gasteiger charge is 2.32. The Balaban J connectivity index is 1.22. The second kappa shape index (κ2) is 7.81. The zero-order chi connectivity index (χ0) is 19.8. The van der Waals surface area contributed by atoms with Crippen LogP contribution in [0.2, 0.25) is 0 Å². The first-order valence-electron chi connectivity index (χ1n) is 10.4. The van der Waals surface area contributed by atoms with Crippen molar-refractivity contribution in [2.24, 2.45) is 5.92 Å². The number of fused-ring (bicyclic) bond motifs is 1. The van der Waals surface area contributed by atoms with Crippen LogP contribution < -0.4 is 10.6 Å². The zero-order valence-corrected chi connectivity index (χ0v) is 17.6. The van der Waals surface area contributed by atoms with Crippen molar-refractivity contribution < 1.29 is 0 Å². The van der Waals surface area contributed by atoms with Gasteiger partial charge in [-0.05, 0) is 38.0 Å². The van der Waals surface area contributed by atoms with E-state index in [4.69, 9.17) is 5.73 Å². The summed E-state index contributed by atoms with van der Waals surface area (Å²) in [6.45, 7) is 5.37. The number of nitrogens with zero attached hydrogens (tertiary/aromatic N) is 8. The number of hydrogen-bond donors (Lipinski definition) is 1. The van der Waals surface area contributed by atoms with Crippen LogP contribution in [0.5, 0.6) is 0 Å². The highest BCUT2D eigenvalue weighted by molar-refractivity contribution is 7.99. The molecule has 2 fully saturated rings. The van der Waals surface area contributed by atoms with Gasteiger partial charge < -0.3 is 15.2 Å². The van der Waals surface area contributed by atoms with E-state index in [9.17, 15) is 0 Å². The van der Waals surface area contributed by atoms with Crippen LogP contribution in [0.15, 0.2) is 17.8 Å². The summed E-state index contributed by atoms with van der Waals surface area (Å²) in [4.78, 5) is 15.1. The van der Waals surface area contributed by atoms with Crippen LogP contribution in [0, 0.1) is 5.92 Å². The Kier molecular flexibility index (Phi) is 5.03. The normalized spacial score (nSPS) is 18.0. The van der Waals surface area contributed by atoms with Gasteiger partial charge in [0, 0.05) is 31.4 Å². The monoisotopic (exact) mass is 413 g/mol. The molecule has 0 unspecified atom stereocenters. The topological polar surface area (TPSA) is 104 Å². The molecule has 4 heterocycles. The molecule has 154 valence electrons. The van der Waals surface area contributed by atoms with E-state index in [-0.39, 0.29) is 0 Å². The zero-order valence-electron chi connectivity index (χ0n) is 16.7. The summed E-state index contributed by atoms with van der Waals surface area (Å²) in [5.74, 6) is 3.30. The third kappa shape index (κ3) is 3.77. The van der Waals surface area contributed by atoms with Crippen molar-refractivity contribution in [2.75, 3.05) is 29.5 Å². The van der Waals surface area contributed by atoms with E-state index in [2.05, 4.69) is 41.5 Å². The molecular formula is C19H27N9S. The predicted molar refractivity (Wildman–Crippen MR) is 114 cm³/mol. The molecule has 5 rings (SSSR count). The van der Waals surface area contributed by atoms with Crippen LogP contribution in [0.3, 0.4) is 0 Å². The predicted octanol–water partition coefficient (Wildman–Crippen LogP) is 2.75. The Labute approximate surface area is 174 Å². The Bertz CT molecular complexity index is 985. The van der Waals surface area contributed by atoms with Gasteiger partial charge in [0.25, 0.3) is 0 Å². The molecule has 0 spiro atoms. The molecule has 0 amide bonds. The Hall–Kier alpha value is -2.36. The number of nitrogen functional groups attached to an aromatic ring is 1. The maximum atomic E-state index is 5.87. The Morgan fingerprint density at radius 2 is 1.93 bits per heavy atom. The van der Waals surface area contributed by atoms with Crippen molar-refractivity contribution in [1.82, 2.24) is 34.3 Å². The summed E-state index contributed by atoms with van der Waals surface area (Å²) < 4.78 is 4.43. The minimum atomic E-state index is 0.431. The number of hydrogen-bond acceptors (Lipinski definition) is 8. The SMILES string of the molecule is CC1CCN(c2nnc(SCCCn3cnc4c(N)ncnc43)n2C2CC2)CC1. The molecule has 0 atom stereocenters. The molecule has 3 aromatic rings. The quantitative estimate of drug-likeness (QED) is 0.466. The molecule has 2 aliphatic rings. The van der Waals surface area contributed by atoms with Gasteiger partial charge in [-0.2, -0.15) is 0 Å². The van der Waals surface area contributed by atoms with Gasteiger partial charge >= 0.3 is 0 Å². The Morgan fingerprint density at radius 3 is 2.72 bits per heavy atom. The van der Waals surface area contributed by atoms with E-state index in [0.29, 0.717) is 17.4 Å². The number of imidazole rings is 1. The average Bonchev–Trinajstić information content (AvgIpc) is 3.34. The van der Waals surface area contributed by atoms with Gasteiger partial charge in [-0.3, -0.25) is 4.57 Å². The van der Waals surface area contributed by atoms with Crippen molar-refractivity contribution in [1.29, 1.82) is 0 Å². The third-order valence-electron chi connectivity index (χ3n) is 5.83. The molecular weight excluding hydrogens is 386 g/mol. The maximum Gasteiger partial charge on any atom is 0.228 e. The first-order chi connectivity index (χ1) is 14.2. The van der Waals surface area contributed by atoms with E-state index in [1.807, 2.05) is 4.57 Å². The van der Waals surface area contributed by atoms with E-state index < -0.39 is 0 Å². The summed E-state index contributed by atoms with van der Waals surface area (Å²) >= 11 is 1.80. The van der Waals surface area contributed by atoms with Gasteiger partial charge in [0.2, 0.25) is 5.95 Å². The van der Waals surface area contributed by atoms with Crippen molar-refractivity contribution in [3.05, 3.63) is 12.7 Å². The molecule has 1 aliphatic carbocycles. The van der Waals surface area contributed by atoms with Crippen LogP contribution in [0.4, 0.5) is 11.8 Å². The average molecular weight is 414 g/mol. The van der Waals surface area contributed by atoms with Crippen LogP contribution >= 0.6 is 11.8 Å². The van der Waals surface area contributed by atoms with Crippen LogP contribution in [-0.2, 0) is 6.54 Å². The van der Waals surface area contributed by atoms with Gasteiger partial charge in [-0.15, -0.1) is 10.2 Å². The number of rotatable bonds is 7. The van der Waals surface area contributed by atoms with E-state index in [0.717, 1.165) is 54.5 Å². The first kappa shape index (κ1) is 18.7. The fraction of sp³-hybridized carbons (Fsp3) is 0.632. The number of piperidine rings is 1. The van der Waals surface area contributed by atoms with Gasteiger partial charge in [-0.25, -0.2) is 15.0 Å². The molecule has 0 radical (unpaired) electrons. The second-order valence-corrected chi connectivity index (χ2v) is 9.19. The highest BCUT2D eigenvalue weighted by atomic mass is 32.2. The summed E-state index contributed by atoms with van der Waals surface area (Å²) in [6.07, 6.45) is 9.25. The lowest BCUT2D eigenvalue weighted by Gasteiger charge is -2.31. The smallest absolute Gasteiger partial charge is 0.228 e. The van der Waals surface area contributed by atoms with Crippen LogP contribution in [0.1, 0.15) is 45.1 Å². The highest BCUT2D eigenvalue weighted by Crippen LogP contribution is 2.41. The summed E-state index contributed by atoms with van der Waals surface area (Å²) in [7, 11) is 0. The van der Waals surface area contributed by atoms with Gasteiger partial charge in [-0.1, -0.05) is 18.7 Å². The van der Waals surface area contributed by atoms with Crippen LogP contribution in [-0.4, -0.2) is 53.1 Å². The summed E-state index contributed by atoms with van der Waals surface area (Å²) in [5.41, 5.74) is 7.34. The number of aromatic nitrogens is 7. The lowest BCUT2D eigenvalue weighted by molar-refractivity contribution is 0.429. The first-order valence-corrected chi connectivity index (χ1v) is 11.4. The number of anilines is 2. The second-order valence-electron chi connectivity index (χ2n) is 8.12. The molecule has 0 aromatic carbocycles. The van der Waals surface area contributed by atoms with Gasteiger partial charge in [0.15, 0.2) is 16.6 Å². The number of thioether (sulfide) groups is 1. The van der Waals surface area contributed by atoms with Crippen molar-refractivity contribution in [3.63, 3.8) is 0 Å². The fourth-order valence-electron chi connectivity index (χ4n) is 3.90. The molecule has 9 nitrogen and oxygen atoms in total. The fourth-order valence-corrected chi connectivity index (χ4v) is 4.83. The number of aryl methyl sites for hydroxylation is 1. The molecule has 29 heavy (non-hydrogen) atoms. The summed E-state index contributed by atoms with van der Waals surface area (Å²) in [6, 6.07) is 0.583. The lowest BCUT2D eigenvalue weighted by Crippen LogP contribution is -2.34. The van der Waals surface area contributed by atoms with Gasteiger partial charge in [0.1, 0.15) is 11.8 Å². The van der Waals surface area contributed by atoms with Crippen molar-refractivity contribution in [3.8, 4) is 0 Å². The van der Waals surface area contributed by atoms with Crippen LogP contribution in [0.25, 0.3) is 11.2 Å². The number of nitrogens with two attached hydrogens (primary N) is 1. The van der Waals surface area contributed by atoms with Gasteiger partial charge in [0.05, 0.1) is 6.33 Å².